The number of urea groups is 1. The number of benzene rings is 1. The Hall–Kier alpha value is -2.08. The molecule has 0 aliphatic rings. The summed E-state index contributed by atoms with van der Waals surface area (Å²) < 4.78 is 4.89. The number of ether oxygens (including phenoxy) is 1. The lowest BCUT2D eigenvalue weighted by molar-refractivity contribution is 0.0827. The summed E-state index contributed by atoms with van der Waals surface area (Å²) in [5, 5.41) is 5.40. The third-order valence-corrected chi connectivity index (χ3v) is 2.58. The van der Waals surface area contributed by atoms with Crippen molar-refractivity contribution in [1.82, 2.24) is 10.2 Å². The first-order chi connectivity index (χ1) is 9.54. The quantitative estimate of drug-likeness (QED) is 0.776. The van der Waals surface area contributed by atoms with Crippen LogP contribution in [0.3, 0.4) is 0 Å². The lowest BCUT2D eigenvalue weighted by Gasteiger charge is -2.12. The van der Waals surface area contributed by atoms with Gasteiger partial charge in [-0.05, 0) is 24.6 Å². The largest absolute Gasteiger partial charge is 0.385 e. The highest BCUT2D eigenvalue weighted by Crippen LogP contribution is 2.11. The van der Waals surface area contributed by atoms with Crippen LogP contribution in [0.1, 0.15) is 16.8 Å². The van der Waals surface area contributed by atoms with Crippen molar-refractivity contribution in [3.63, 3.8) is 0 Å². The third-order valence-electron chi connectivity index (χ3n) is 2.58. The molecule has 0 saturated heterocycles. The Morgan fingerprint density at radius 1 is 1.30 bits per heavy atom. The second-order valence-electron chi connectivity index (χ2n) is 4.51. The van der Waals surface area contributed by atoms with Crippen LogP contribution in [0, 0.1) is 0 Å². The fourth-order valence-corrected chi connectivity index (χ4v) is 1.58. The van der Waals surface area contributed by atoms with Gasteiger partial charge >= 0.3 is 6.03 Å². The van der Waals surface area contributed by atoms with E-state index in [0.717, 1.165) is 6.42 Å². The fourth-order valence-electron chi connectivity index (χ4n) is 1.58. The molecule has 20 heavy (non-hydrogen) atoms. The van der Waals surface area contributed by atoms with Crippen LogP contribution >= 0.6 is 0 Å². The maximum absolute atomic E-state index is 11.8. The minimum atomic E-state index is -0.296. The summed E-state index contributed by atoms with van der Waals surface area (Å²) >= 11 is 0. The van der Waals surface area contributed by atoms with E-state index >= 15 is 0 Å². The molecule has 0 heterocycles. The number of rotatable bonds is 6. The SMILES string of the molecule is COCCCNC(=O)Nc1cccc(C(=O)N(C)C)c1. The standard InChI is InChI=1S/C14H21N3O3/c1-17(2)13(18)11-6-4-7-12(10-11)16-14(19)15-8-5-9-20-3/h4,6-7,10H,5,8-9H2,1-3H3,(H2,15,16,19). The lowest BCUT2D eigenvalue weighted by Crippen LogP contribution is -2.30. The number of methoxy groups -OCH3 is 1. The van der Waals surface area contributed by atoms with E-state index in [4.69, 9.17) is 4.74 Å². The molecule has 3 amide bonds. The zero-order valence-electron chi connectivity index (χ0n) is 12.1. The molecule has 1 aromatic carbocycles. The molecule has 0 aromatic heterocycles. The third kappa shape index (κ3) is 5.27. The van der Waals surface area contributed by atoms with Crippen molar-refractivity contribution in [2.75, 3.05) is 39.7 Å². The molecule has 1 aromatic rings. The molecule has 0 bridgehead atoms. The van der Waals surface area contributed by atoms with Crippen molar-refractivity contribution >= 4 is 17.6 Å². The number of carbonyl (C=O) groups excluding carboxylic acids is 2. The van der Waals surface area contributed by atoms with Crippen molar-refractivity contribution in [3.05, 3.63) is 29.8 Å². The monoisotopic (exact) mass is 279 g/mol. The average molecular weight is 279 g/mol. The number of anilines is 1. The van der Waals surface area contributed by atoms with Crippen LogP contribution < -0.4 is 10.6 Å². The first-order valence-electron chi connectivity index (χ1n) is 6.40. The summed E-state index contributed by atoms with van der Waals surface area (Å²) in [6, 6.07) is 6.54. The second-order valence-corrected chi connectivity index (χ2v) is 4.51. The topological polar surface area (TPSA) is 70.7 Å². The van der Waals surface area contributed by atoms with E-state index < -0.39 is 0 Å². The van der Waals surface area contributed by atoms with Crippen molar-refractivity contribution in [1.29, 1.82) is 0 Å². The lowest BCUT2D eigenvalue weighted by atomic mass is 10.2. The fraction of sp³-hybridized carbons (Fsp3) is 0.429. The van der Waals surface area contributed by atoms with Gasteiger partial charge in [0.05, 0.1) is 0 Å². The van der Waals surface area contributed by atoms with Gasteiger partial charge in [-0.3, -0.25) is 4.79 Å². The Morgan fingerprint density at radius 3 is 2.70 bits per heavy atom. The van der Waals surface area contributed by atoms with Gasteiger partial charge < -0.3 is 20.3 Å². The molecular formula is C14H21N3O3. The van der Waals surface area contributed by atoms with Gasteiger partial charge in [-0.1, -0.05) is 6.07 Å². The normalized spacial score (nSPS) is 9.95. The molecule has 0 spiro atoms. The van der Waals surface area contributed by atoms with E-state index in [0.29, 0.717) is 24.4 Å². The molecule has 0 aliphatic heterocycles. The predicted octanol–water partition coefficient (Wildman–Crippen LogP) is 1.55. The number of carbonyl (C=O) groups is 2. The Kier molecular flexibility index (Phi) is 6.52. The summed E-state index contributed by atoms with van der Waals surface area (Å²) in [5.41, 5.74) is 1.12. The van der Waals surface area contributed by atoms with E-state index in [1.165, 1.54) is 4.90 Å². The highest BCUT2D eigenvalue weighted by Gasteiger charge is 2.09. The molecule has 0 saturated carbocycles. The summed E-state index contributed by atoms with van der Waals surface area (Å²) in [7, 11) is 4.99. The van der Waals surface area contributed by atoms with E-state index in [2.05, 4.69) is 10.6 Å². The van der Waals surface area contributed by atoms with Gasteiger partial charge in [0, 0.05) is 45.6 Å². The first-order valence-corrected chi connectivity index (χ1v) is 6.40. The number of amides is 3. The Morgan fingerprint density at radius 2 is 2.05 bits per heavy atom. The minimum Gasteiger partial charge on any atom is -0.385 e. The molecule has 6 nitrogen and oxygen atoms in total. The second kappa shape index (κ2) is 8.16. The van der Waals surface area contributed by atoms with Gasteiger partial charge in [0.25, 0.3) is 5.91 Å². The van der Waals surface area contributed by atoms with Crippen LogP contribution in [-0.2, 0) is 4.74 Å². The number of hydrogen-bond acceptors (Lipinski definition) is 3. The zero-order chi connectivity index (χ0) is 15.0. The highest BCUT2D eigenvalue weighted by molar-refractivity contribution is 5.96. The van der Waals surface area contributed by atoms with Crippen molar-refractivity contribution in [3.8, 4) is 0 Å². The maximum atomic E-state index is 11.8. The molecule has 0 radical (unpaired) electrons. The molecule has 6 heteroatoms. The summed E-state index contributed by atoms with van der Waals surface area (Å²) in [5.74, 6) is -0.103. The van der Waals surface area contributed by atoms with Crippen LogP contribution in [0.15, 0.2) is 24.3 Å². The zero-order valence-corrected chi connectivity index (χ0v) is 12.1. The van der Waals surface area contributed by atoms with E-state index in [9.17, 15) is 9.59 Å². The summed E-state index contributed by atoms with van der Waals surface area (Å²) in [6.07, 6.45) is 0.753. The van der Waals surface area contributed by atoms with Gasteiger partial charge in [0.2, 0.25) is 0 Å². The van der Waals surface area contributed by atoms with E-state index in [1.807, 2.05) is 0 Å². The van der Waals surface area contributed by atoms with Crippen LogP contribution in [0.5, 0.6) is 0 Å². The molecule has 0 aliphatic carbocycles. The van der Waals surface area contributed by atoms with Gasteiger partial charge in [0.1, 0.15) is 0 Å². The van der Waals surface area contributed by atoms with E-state index in [1.54, 1.807) is 45.5 Å². The smallest absolute Gasteiger partial charge is 0.319 e. The van der Waals surface area contributed by atoms with Crippen LogP contribution in [-0.4, -0.2) is 51.2 Å². The van der Waals surface area contributed by atoms with Gasteiger partial charge in [-0.25, -0.2) is 4.79 Å². The van der Waals surface area contributed by atoms with Gasteiger partial charge in [-0.15, -0.1) is 0 Å². The van der Waals surface area contributed by atoms with Crippen LogP contribution in [0.4, 0.5) is 10.5 Å². The molecular weight excluding hydrogens is 258 g/mol. The van der Waals surface area contributed by atoms with Crippen molar-refractivity contribution in [2.45, 2.75) is 6.42 Å². The molecule has 0 unspecified atom stereocenters. The average Bonchev–Trinajstić information content (AvgIpc) is 2.43. The van der Waals surface area contributed by atoms with E-state index in [-0.39, 0.29) is 11.9 Å². The van der Waals surface area contributed by atoms with Crippen LogP contribution in [0.2, 0.25) is 0 Å². The Labute approximate surface area is 119 Å². The number of nitrogens with zero attached hydrogens (tertiary/aromatic N) is 1. The predicted molar refractivity (Wildman–Crippen MR) is 78.0 cm³/mol. The molecule has 1 rings (SSSR count). The van der Waals surface area contributed by atoms with Crippen molar-refractivity contribution in [2.24, 2.45) is 0 Å². The minimum absolute atomic E-state index is 0.103. The highest BCUT2D eigenvalue weighted by atomic mass is 16.5. The molecule has 2 N–H and O–H groups in total. The maximum Gasteiger partial charge on any atom is 0.319 e. The summed E-state index contributed by atoms with van der Waals surface area (Å²) in [4.78, 5) is 24.9. The van der Waals surface area contributed by atoms with Gasteiger partial charge in [0.15, 0.2) is 0 Å². The Bertz CT molecular complexity index is 461. The summed E-state index contributed by atoms with van der Waals surface area (Å²) in [6.45, 7) is 1.14. The molecule has 110 valence electrons. The number of hydrogen-bond donors (Lipinski definition) is 2. The van der Waals surface area contributed by atoms with Crippen molar-refractivity contribution < 1.29 is 14.3 Å². The van der Waals surface area contributed by atoms with Crippen LogP contribution in [0.25, 0.3) is 0 Å². The van der Waals surface area contributed by atoms with Gasteiger partial charge in [-0.2, -0.15) is 0 Å². The molecule has 0 atom stereocenters. The number of nitrogens with one attached hydrogen (secondary N) is 2. The Balaban J connectivity index is 2.53. The molecule has 0 fully saturated rings. The first kappa shape index (κ1) is 16.0.